The molecule has 9 nitrogen and oxygen atoms in total. The molecular weight excluding hydrogens is 335 g/mol. The Morgan fingerprint density at radius 2 is 1.95 bits per heavy atom. The summed E-state index contributed by atoms with van der Waals surface area (Å²) in [5.74, 6) is 1.07. The van der Waals surface area contributed by atoms with Crippen molar-refractivity contribution in [2.45, 2.75) is 24.3 Å². The van der Waals surface area contributed by atoms with Gasteiger partial charge >= 0.3 is 7.60 Å². The fourth-order valence-corrected chi connectivity index (χ4v) is 4.82. The van der Waals surface area contributed by atoms with Gasteiger partial charge in [-0.15, -0.1) is 5.23 Å². The zero-order valence-corrected chi connectivity index (χ0v) is 13.2. The molecule has 0 saturated heterocycles. The van der Waals surface area contributed by atoms with E-state index in [-0.39, 0.29) is 21.5 Å². The Balaban J connectivity index is 2.40. The van der Waals surface area contributed by atoms with Crippen molar-refractivity contribution in [3.63, 3.8) is 0 Å². The van der Waals surface area contributed by atoms with Crippen molar-refractivity contribution in [3.05, 3.63) is 39.3 Å². The van der Waals surface area contributed by atoms with Crippen molar-refractivity contribution in [1.29, 1.82) is 0 Å². The fraction of sp³-hybridized carbons (Fsp3) is 0.273. The molecule has 22 heavy (non-hydrogen) atoms. The van der Waals surface area contributed by atoms with Crippen LogP contribution in [0.1, 0.15) is 13.8 Å². The van der Waals surface area contributed by atoms with E-state index in [2.05, 4.69) is 0 Å². The van der Waals surface area contributed by atoms with E-state index < -0.39 is 18.4 Å². The summed E-state index contributed by atoms with van der Waals surface area (Å²) in [6, 6.07) is 3.48. The summed E-state index contributed by atoms with van der Waals surface area (Å²) < 4.78 is 16.7. The van der Waals surface area contributed by atoms with E-state index in [4.69, 9.17) is 4.52 Å². The summed E-state index contributed by atoms with van der Waals surface area (Å²) >= 11 is 0.955. The number of anilines is 2. The Kier molecular flexibility index (Phi) is 4.58. The lowest BCUT2D eigenvalue weighted by Crippen LogP contribution is -2.20. The van der Waals surface area contributed by atoms with Gasteiger partial charge in [0.25, 0.3) is 0 Å². The van der Waals surface area contributed by atoms with E-state index in [1.54, 1.807) is 13.8 Å². The molecule has 3 N–H and O–H groups in total. The number of benzene rings is 1. The lowest BCUT2D eigenvalue weighted by atomic mass is 10.1. The normalized spacial score (nSPS) is 23.3. The third-order valence-corrected chi connectivity index (χ3v) is 5.69. The summed E-state index contributed by atoms with van der Waals surface area (Å²) in [4.78, 5) is 10.2. The van der Waals surface area contributed by atoms with Gasteiger partial charge in [0.1, 0.15) is 11.3 Å². The second-order valence-electron chi connectivity index (χ2n) is 4.96. The molecule has 1 atom stereocenters. The van der Waals surface area contributed by atoms with E-state index >= 15 is 0 Å². The quantitative estimate of drug-likeness (QED) is 0.549. The molecule has 0 aliphatic carbocycles. The van der Waals surface area contributed by atoms with Gasteiger partial charge in [-0.25, -0.2) is 0 Å². The number of hydrogen-bond donors (Lipinski definition) is 3. The number of nitrogens with zero attached hydrogens (tertiary/aromatic N) is 2. The molecule has 0 saturated carbocycles. The average Bonchev–Trinajstić information content (AvgIpc) is 2.56. The van der Waals surface area contributed by atoms with Crippen LogP contribution in [0.3, 0.4) is 0 Å². The molecule has 1 heterocycles. The van der Waals surface area contributed by atoms with E-state index in [0.717, 1.165) is 23.6 Å². The molecule has 2 rings (SSSR count). The standard InChI is InChI=1S/C11H13N2O7PS/c1-11(2)10(6-21(18,19)20-11)22-9-4-3-7(12(14)15)5-8(9)13(16)17/h3-6,16-17H,1-2H3,(H,18,19)/q-2. The highest BCUT2D eigenvalue weighted by atomic mass is 32.2. The summed E-state index contributed by atoms with van der Waals surface area (Å²) in [6.45, 7) is 3.17. The largest absolute Gasteiger partial charge is 0.769 e. The summed E-state index contributed by atoms with van der Waals surface area (Å²) in [7, 11) is -3.85. The molecule has 0 fully saturated rings. The summed E-state index contributed by atoms with van der Waals surface area (Å²) in [5, 5.41) is 39.0. The Hall–Kier alpha value is -1.10. The second-order valence-corrected chi connectivity index (χ2v) is 7.61. The van der Waals surface area contributed by atoms with Crippen LogP contribution in [0.5, 0.6) is 0 Å². The molecule has 0 spiro atoms. The van der Waals surface area contributed by atoms with Crippen LogP contribution >= 0.6 is 19.4 Å². The molecule has 1 aliphatic heterocycles. The smallest absolute Gasteiger partial charge is 0.353 e. The van der Waals surface area contributed by atoms with E-state index in [0.29, 0.717) is 4.91 Å². The molecule has 0 radical (unpaired) electrons. The predicted molar refractivity (Wildman–Crippen MR) is 80.6 cm³/mol. The first-order valence-electron chi connectivity index (χ1n) is 5.92. The maximum atomic E-state index is 11.6. The Morgan fingerprint density at radius 3 is 2.41 bits per heavy atom. The Morgan fingerprint density at radius 1 is 1.32 bits per heavy atom. The van der Waals surface area contributed by atoms with Gasteiger partial charge in [-0.2, -0.15) is 0 Å². The monoisotopic (exact) mass is 348 g/mol. The minimum Gasteiger partial charge on any atom is -0.769 e. The van der Waals surface area contributed by atoms with Crippen LogP contribution in [0.15, 0.2) is 33.8 Å². The van der Waals surface area contributed by atoms with Gasteiger partial charge in [0.15, 0.2) is 0 Å². The van der Waals surface area contributed by atoms with Gasteiger partial charge < -0.3 is 20.5 Å². The zero-order valence-electron chi connectivity index (χ0n) is 11.5. The van der Waals surface area contributed by atoms with Gasteiger partial charge in [0.2, 0.25) is 0 Å². The van der Waals surface area contributed by atoms with Crippen molar-refractivity contribution >= 4 is 30.7 Å². The van der Waals surface area contributed by atoms with Crippen LogP contribution in [0.2, 0.25) is 0 Å². The predicted octanol–water partition coefficient (Wildman–Crippen LogP) is 3.00. The highest BCUT2D eigenvalue weighted by molar-refractivity contribution is 8.03. The van der Waals surface area contributed by atoms with Crippen LogP contribution in [0, 0.1) is 10.4 Å². The highest BCUT2D eigenvalue weighted by Crippen LogP contribution is 2.60. The highest BCUT2D eigenvalue weighted by Gasteiger charge is 2.41. The molecule has 1 aromatic carbocycles. The number of hydrogen-bond acceptors (Lipinski definition) is 9. The maximum Gasteiger partial charge on any atom is 0.353 e. The first kappa shape index (κ1) is 17.3. The topological polar surface area (TPSA) is 140 Å². The number of thioether (sulfide) groups is 1. The van der Waals surface area contributed by atoms with E-state index in [9.17, 15) is 30.3 Å². The van der Waals surface area contributed by atoms with Gasteiger partial charge in [-0.05, 0) is 32.0 Å². The first-order valence-corrected chi connectivity index (χ1v) is 8.39. The Labute approximate surface area is 130 Å². The SMILES string of the molecule is CC1(C)OP(=O)(O)C=C1Sc1ccc(N([O-])[O-])cc1N(O)O. The van der Waals surface area contributed by atoms with Crippen LogP contribution in [0.25, 0.3) is 0 Å². The van der Waals surface area contributed by atoms with Crippen molar-refractivity contribution in [2.24, 2.45) is 0 Å². The van der Waals surface area contributed by atoms with Crippen molar-refractivity contribution in [1.82, 2.24) is 0 Å². The fourth-order valence-electron chi connectivity index (χ4n) is 1.83. The van der Waals surface area contributed by atoms with E-state index in [1.807, 2.05) is 0 Å². The zero-order chi connectivity index (χ0) is 16.7. The van der Waals surface area contributed by atoms with Gasteiger partial charge in [-0.3, -0.25) is 19.5 Å². The van der Waals surface area contributed by atoms with Gasteiger partial charge in [0.05, 0.1) is 0 Å². The minimum absolute atomic E-state index is 0.226. The van der Waals surface area contributed by atoms with Gasteiger partial charge in [0, 0.05) is 21.3 Å². The first-order chi connectivity index (χ1) is 10.0. The van der Waals surface area contributed by atoms with Crippen LogP contribution < -0.4 is 10.5 Å². The maximum absolute atomic E-state index is 11.6. The molecule has 1 unspecified atom stereocenters. The van der Waals surface area contributed by atoms with Gasteiger partial charge in [-0.1, -0.05) is 11.8 Å². The minimum atomic E-state index is -3.85. The Bertz CT molecular complexity index is 662. The third-order valence-electron chi connectivity index (χ3n) is 2.82. The lowest BCUT2D eigenvalue weighted by Gasteiger charge is -2.38. The molecule has 122 valence electrons. The average molecular weight is 348 g/mol. The molecule has 1 aromatic rings. The number of rotatable bonds is 4. The molecule has 0 aromatic heterocycles. The summed E-state index contributed by atoms with van der Waals surface area (Å²) in [5.41, 5.74) is -1.59. The summed E-state index contributed by atoms with van der Waals surface area (Å²) in [6.07, 6.45) is 0. The molecular formula is C11H13N2O7PS-2. The molecule has 11 heteroatoms. The van der Waals surface area contributed by atoms with Crippen molar-refractivity contribution < 1.29 is 24.4 Å². The van der Waals surface area contributed by atoms with E-state index in [1.165, 1.54) is 12.1 Å². The van der Waals surface area contributed by atoms with Crippen molar-refractivity contribution in [2.75, 3.05) is 10.5 Å². The van der Waals surface area contributed by atoms with Crippen molar-refractivity contribution in [3.8, 4) is 0 Å². The second kappa shape index (κ2) is 5.84. The van der Waals surface area contributed by atoms with Crippen LogP contribution in [0.4, 0.5) is 11.4 Å². The van der Waals surface area contributed by atoms with Crippen LogP contribution in [-0.2, 0) is 9.09 Å². The van der Waals surface area contributed by atoms with Crippen LogP contribution in [-0.4, -0.2) is 20.9 Å². The lowest BCUT2D eigenvalue weighted by molar-refractivity contribution is 0.0277. The third kappa shape index (κ3) is 3.62. The molecule has 0 amide bonds. The molecule has 1 aliphatic rings. The molecule has 0 bridgehead atoms.